The van der Waals surface area contributed by atoms with Crippen LogP contribution in [-0.2, 0) is 27.8 Å². The molecule has 2 N–H and O–H groups in total. The van der Waals surface area contributed by atoms with Crippen molar-refractivity contribution in [2.75, 3.05) is 44.3 Å². The zero-order valence-corrected chi connectivity index (χ0v) is 19.5. The summed E-state index contributed by atoms with van der Waals surface area (Å²) in [6.07, 6.45) is 5.47. The molecule has 1 aromatic carbocycles. The van der Waals surface area contributed by atoms with E-state index in [0.29, 0.717) is 0 Å². The first-order valence-corrected chi connectivity index (χ1v) is 12.2. The molecule has 8 heteroatoms. The summed E-state index contributed by atoms with van der Waals surface area (Å²) < 4.78 is 5.45. The van der Waals surface area contributed by atoms with Gasteiger partial charge in [-0.15, -0.1) is 0 Å². The summed E-state index contributed by atoms with van der Waals surface area (Å²) in [5, 5.41) is 7.80. The molecule has 6 rings (SSSR count). The molecular formula is C25H32N6O2. The van der Waals surface area contributed by atoms with E-state index >= 15 is 0 Å². The van der Waals surface area contributed by atoms with Crippen molar-refractivity contribution in [3.8, 4) is 11.5 Å². The zero-order valence-electron chi connectivity index (χ0n) is 19.5. The first-order chi connectivity index (χ1) is 16.0. The lowest BCUT2D eigenvalue weighted by molar-refractivity contribution is -0.122. The minimum absolute atomic E-state index is 0.175. The number of amides is 1. The smallest absolute Gasteiger partial charge is 0.237 e. The number of hydrogen-bond donors (Lipinski definition) is 2. The Balaban J connectivity index is 1.30. The second-order valence-corrected chi connectivity index (χ2v) is 10.1. The van der Waals surface area contributed by atoms with Gasteiger partial charge in [-0.2, -0.15) is 5.10 Å². The number of imidazole rings is 1. The molecule has 1 fully saturated rings. The fourth-order valence-corrected chi connectivity index (χ4v) is 5.62. The predicted molar refractivity (Wildman–Crippen MR) is 128 cm³/mol. The number of aromatic nitrogens is 4. The van der Waals surface area contributed by atoms with Crippen LogP contribution in [0.1, 0.15) is 49.9 Å². The van der Waals surface area contributed by atoms with Crippen LogP contribution < -0.4 is 4.90 Å². The Hall–Kier alpha value is -2.71. The second-order valence-electron chi connectivity index (χ2n) is 10.1. The van der Waals surface area contributed by atoms with Gasteiger partial charge in [0, 0.05) is 37.4 Å². The monoisotopic (exact) mass is 448 g/mol. The van der Waals surface area contributed by atoms with E-state index in [0.717, 1.165) is 92.5 Å². The Morgan fingerprint density at radius 1 is 1.12 bits per heavy atom. The molecule has 3 aliphatic rings. The molecule has 2 aliphatic heterocycles. The van der Waals surface area contributed by atoms with Gasteiger partial charge in [-0.25, -0.2) is 4.98 Å². The lowest BCUT2D eigenvalue weighted by Gasteiger charge is -2.27. The topological polar surface area (TPSA) is 90.1 Å². The van der Waals surface area contributed by atoms with Crippen LogP contribution in [0.3, 0.4) is 0 Å². The number of H-pyrrole nitrogens is 2. The molecule has 0 bridgehead atoms. The van der Waals surface area contributed by atoms with Gasteiger partial charge in [0.15, 0.2) is 5.82 Å². The van der Waals surface area contributed by atoms with Crippen molar-refractivity contribution in [3.63, 3.8) is 0 Å². The average molecular weight is 449 g/mol. The van der Waals surface area contributed by atoms with E-state index in [2.05, 4.69) is 32.2 Å². The molecule has 1 amide bonds. The summed E-state index contributed by atoms with van der Waals surface area (Å²) in [7, 11) is 0. The molecule has 8 nitrogen and oxygen atoms in total. The third kappa shape index (κ3) is 3.47. The van der Waals surface area contributed by atoms with E-state index in [1.807, 2.05) is 18.7 Å². The Morgan fingerprint density at radius 3 is 2.79 bits per heavy atom. The van der Waals surface area contributed by atoms with Crippen molar-refractivity contribution in [2.24, 2.45) is 0 Å². The quantitative estimate of drug-likeness (QED) is 0.626. The van der Waals surface area contributed by atoms with E-state index in [1.54, 1.807) is 0 Å². The van der Waals surface area contributed by atoms with Crippen LogP contribution in [0.5, 0.6) is 0 Å². The fourth-order valence-electron chi connectivity index (χ4n) is 5.62. The van der Waals surface area contributed by atoms with Crippen molar-refractivity contribution in [3.05, 3.63) is 29.0 Å². The molecular weight excluding hydrogens is 416 g/mol. The molecule has 4 heterocycles. The van der Waals surface area contributed by atoms with Crippen LogP contribution in [0.15, 0.2) is 12.1 Å². The molecule has 1 aliphatic carbocycles. The Labute approximate surface area is 193 Å². The number of benzene rings is 1. The van der Waals surface area contributed by atoms with Crippen LogP contribution in [0, 0.1) is 0 Å². The van der Waals surface area contributed by atoms with Crippen molar-refractivity contribution in [1.29, 1.82) is 0 Å². The van der Waals surface area contributed by atoms with E-state index in [-0.39, 0.29) is 5.91 Å². The highest BCUT2D eigenvalue weighted by Gasteiger charge is 2.44. The number of anilines is 1. The van der Waals surface area contributed by atoms with Gasteiger partial charge >= 0.3 is 0 Å². The number of nitrogens with zero attached hydrogens (tertiary/aromatic N) is 4. The highest BCUT2D eigenvalue weighted by molar-refractivity contribution is 6.09. The number of rotatable bonds is 5. The average Bonchev–Trinajstić information content (AvgIpc) is 3.48. The molecule has 0 spiro atoms. The largest absolute Gasteiger partial charge is 0.379 e. The van der Waals surface area contributed by atoms with Gasteiger partial charge in [0.1, 0.15) is 5.69 Å². The van der Waals surface area contributed by atoms with Crippen molar-refractivity contribution in [1.82, 2.24) is 25.1 Å². The number of aryl methyl sites for hydroxylation is 1. The molecule has 1 saturated heterocycles. The number of nitrogens with one attached hydrogen (secondary N) is 2. The summed E-state index contributed by atoms with van der Waals surface area (Å²) in [5.41, 5.74) is 6.87. The first-order valence-electron chi connectivity index (χ1n) is 12.2. The maximum absolute atomic E-state index is 13.3. The summed E-state index contributed by atoms with van der Waals surface area (Å²) >= 11 is 0. The Kier molecular flexibility index (Phi) is 5.03. The highest BCUT2D eigenvalue weighted by atomic mass is 16.5. The van der Waals surface area contributed by atoms with Crippen LogP contribution >= 0.6 is 0 Å². The first kappa shape index (κ1) is 20.9. The number of fused-ring (bicyclic) bond motifs is 3. The van der Waals surface area contributed by atoms with Crippen LogP contribution in [0.4, 0.5) is 5.69 Å². The zero-order chi connectivity index (χ0) is 22.6. The number of ether oxygens (including phenoxy) is 1. The van der Waals surface area contributed by atoms with Gasteiger partial charge in [-0.1, -0.05) is 0 Å². The van der Waals surface area contributed by atoms with Crippen molar-refractivity contribution < 1.29 is 9.53 Å². The number of hydrogen-bond acceptors (Lipinski definition) is 5. The lowest BCUT2D eigenvalue weighted by atomic mass is 9.86. The van der Waals surface area contributed by atoms with Crippen LogP contribution in [-0.4, -0.2) is 70.4 Å². The van der Waals surface area contributed by atoms with Gasteiger partial charge in [-0.3, -0.25) is 14.8 Å². The Morgan fingerprint density at radius 2 is 1.94 bits per heavy atom. The third-order valence-corrected chi connectivity index (χ3v) is 7.58. The predicted octanol–water partition coefficient (Wildman–Crippen LogP) is 3.18. The number of carbonyl (C=O) groups is 1. The molecule has 2 aromatic heterocycles. The second kappa shape index (κ2) is 7.95. The molecule has 0 atom stereocenters. The number of aromatic amines is 2. The summed E-state index contributed by atoms with van der Waals surface area (Å²) in [6.45, 7) is 9.33. The molecule has 33 heavy (non-hydrogen) atoms. The van der Waals surface area contributed by atoms with E-state index in [4.69, 9.17) is 9.72 Å². The van der Waals surface area contributed by atoms with Gasteiger partial charge in [0.2, 0.25) is 5.91 Å². The van der Waals surface area contributed by atoms with Crippen molar-refractivity contribution in [2.45, 2.75) is 51.4 Å². The number of carbonyl (C=O) groups excluding carboxylic acids is 1. The van der Waals surface area contributed by atoms with Crippen LogP contribution in [0.25, 0.3) is 22.6 Å². The summed E-state index contributed by atoms with van der Waals surface area (Å²) in [6, 6.07) is 4.21. The standard InChI is InChI=1S/C25H32N6O2/c1-25(2)17-14-19-20(27-23(26-19)22-16-6-3-4-7-18(16)28-29-22)15-21(17)31(24(25)32)9-5-8-30-10-12-33-13-11-30/h14-15H,3-13H2,1-2H3,(H,26,27)(H,28,29). The highest BCUT2D eigenvalue weighted by Crippen LogP contribution is 2.43. The van der Waals surface area contributed by atoms with E-state index in [1.165, 1.54) is 24.1 Å². The van der Waals surface area contributed by atoms with Crippen molar-refractivity contribution >= 4 is 22.6 Å². The minimum atomic E-state index is -0.549. The molecule has 0 radical (unpaired) electrons. The third-order valence-electron chi connectivity index (χ3n) is 7.58. The summed E-state index contributed by atoms with van der Waals surface area (Å²) in [4.78, 5) is 26.1. The maximum atomic E-state index is 13.3. The molecule has 174 valence electrons. The molecule has 0 saturated carbocycles. The van der Waals surface area contributed by atoms with Gasteiger partial charge < -0.3 is 14.6 Å². The Bertz CT molecular complexity index is 1200. The number of morpholine rings is 1. The fraction of sp³-hybridized carbons (Fsp3) is 0.560. The lowest BCUT2D eigenvalue weighted by Crippen LogP contribution is -2.40. The van der Waals surface area contributed by atoms with Gasteiger partial charge in [0.25, 0.3) is 0 Å². The van der Waals surface area contributed by atoms with E-state index < -0.39 is 5.41 Å². The van der Waals surface area contributed by atoms with Crippen LogP contribution in [0.2, 0.25) is 0 Å². The normalized spacial score (nSPS) is 20.4. The molecule has 3 aromatic rings. The van der Waals surface area contributed by atoms with E-state index in [9.17, 15) is 4.79 Å². The minimum Gasteiger partial charge on any atom is -0.379 e. The summed E-state index contributed by atoms with van der Waals surface area (Å²) in [5.74, 6) is 0.991. The maximum Gasteiger partial charge on any atom is 0.237 e. The SMILES string of the molecule is CC1(C)C(=O)N(CCCN2CCOCC2)c2cc3[nH]c(-c4n[nH]c5c4CCCC5)nc3cc21. The molecule has 0 unspecified atom stereocenters. The van der Waals surface area contributed by atoms with Gasteiger partial charge in [0.05, 0.1) is 35.3 Å². The van der Waals surface area contributed by atoms with Gasteiger partial charge in [-0.05, 0) is 63.6 Å².